The highest BCUT2D eigenvalue weighted by atomic mass is 32.1. The molecular formula is C15H28N4S. The van der Waals surface area contributed by atoms with Crippen LogP contribution in [0.2, 0.25) is 0 Å². The van der Waals surface area contributed by atoms with Gasteiger partial charge >= 0.3 is 0 Å². The van der Waals surface area contributed by atoms with E-state index in [0.29, 0.717) is 0 Å². The highest BCUT2D eigenvalue weighted by molar-refractivity contribution is 7.11. The lowest BCUT2D eigenvalue weighted by atomic mass is 10.1. The Balaban J connectivity index is 2.23. The number of aryl methyl sites for hydroxylation is 2. The first-order chi connectivity index (χ1) is 9.52. The summed E-state index contributed by atoms with van der Waals surface area (Å²) in [5.74, 6) is 1.66. The minimum Gasteiger partial charge on any atom is -0.356 e. The highest BCUT2D eigenvalue weighted by Crippen LogP contribution is 2.16. The van der Waals surface area contributed by atoms with Gasteiger partial charge in [-0.25, -0.2) is 4.98 Å². The standard InChI is InChI=1S/C15H28N4S/c1-11(2)7-6-9-17-15(16-5)18-10-8-14-12(3)19-13(4)20-14/h11H,6-10H2,1-5H3,(H2,16,17,18). The first kappa shape index (κ1) is 17.0. The lowest BCUT2D eigenvalue weighted by Crippen LogP contribution is -2.38. The molecule has 114 valence electrons. The van der Waals surface area contributed by atoms with Gasteiger partial charge in [0, 0.05) is 31.4 Å². The van der Waals surface area contributed by atoms with E-state index < -0.39 is 0 Å². The molecular weight excluding hydrogens is 268 g/mol. The molecule has 1 aromatic rings. The fourth-order valence-electron chi connectivity index (χ4n) is 2.04. The predicted octanol–water partition coefficient (Wildman–Crippen LogP) is 2.90. The molecule has 0 aliphatic carbocycles. The van der Waals surface area contributed by atoms with Gasteiger partial charge in [0.05, 0.1) is 10.7 Å². The molecule has 1 aromatic heterocycles. The zero-order valence-corrected chi connectivity index (χ0v) is 14.2. The number of hydrogen-bond acceptors (Lipinski definition) is 3. The molecule has 4 nitrogen and oxygen atoms in total. The summed E-state index contributed by atoms with van der Waals surface area (Å²) >= 11 is 1.79. The highest BCUT2D eigenvalue weighted by Gasteiger charge is 2.05. The molecule has 0 saturated carbocycles. The van der Waals surface area contributed by atoms with Gasteiger partial charge in [-0.05, 0) is 32.6 Å². The molecule has 5 heteroatoms. The Kier molecular flexibility index (Phi) is 7.59. The third-order valence-corrected chi connectivity index (χ3v) is 4.25. The van der Waals surface area contributed by atoms with Crippen LogP contribution >= 0.6 is 11.3 Å². The molecule has 2 N–H and O–H groups in total. The van der Waals surface area contributed by atoms with Crippen LogP contribution in [-0.2, 0) is 6.42 Å². The second kappa shape index (κ2) is 8.95. The zero-order valence-electron chi connectivity index (χ0n) is 13.4. The van der Waals surface area contributed by atoms with Crippen molar-refractivity contribution >= 4 is 17.3 Å². The molecule has 0 aliphatic rings. The number of aliphatic imine (C=N–C) groups is 1. The average Bonchev–Trinajstić information content (AvgIpc) is 2.70. The van der Waals surface area contributed by atoms with Crippen LogP contribution in [0, 0.1) is 19.8 Å². The number of guanidine groups is 1. The second-order valence-electron chi connectivity index (χ2n) is 5.45. The van der Waals surface area contributed by atoms with Gasteiger partial charge < -0.3 is 10.6 Å². The quantitative estimate of drug-likeness (QED) is 0.462. The Bertz CT molecular complexity index is 424. The van der Waals surface area contributed by atoms with Crippen molar-refractivity contribution in [1.82, 2.24) is 15.6 Å². The van der Waals surface area contributed by atoms with E-state index >= 15 is 0 Å². The summed E-state index contributed by atoms with van der Waals surface area (Å²) in [5.41, 5.74) is 1.16. The topological polar surface area (TPSA) is 49.3 Å². The summed E-state index contributed by atoms with van der Waals surface area (Å²) in [6, 6.07) is 0. The molecule has 0 saturated heterocycles. The van der Waals surface area contributed by atoms with E-state index in [-0.39, 0.29) is 0 Å². The third kappa shape index (κ3) is 6.37. The van der Waals surface area contributed by atoms with Crippen molar-refractivity contribution < 1.29 is 0 Å². The molecule has 1 rings (SSSR count). The monoisotopic (exact) mass is 296 g/mol. The van der Waals surface area contributed by atoms with E-state index in [1.54, 1.807) is 11.3 Å². The fraction of sp³-hybridized carbons (Fsp3) is 0.733. The van der Waals surface area contributed by atoms with E-state index in [9.17, 15) is 0 Å². The number of thiazole rings is 1. The van der Waals surface area contributed by atoms with Gasteiger partial charge in [-0.3, -0.25) is 4.99 Å². The fourth-order valence-corrected chi connectivity index (χ4v) is 2.97. The molecule has 0 radical (unpaired) electrons. The lowest BCUT2D eigenvalue weighted by molar-refractivity contribution is 0.549. The van der Waals surface area contributed by atoms with Crippen molar-refractivity contribution in [3.8, 4) is 0 Å². The Morgan fingerprint density at radius 1 is 1.25 bits per heavy atom. The van der Waals surface area contributed by atoms with Crippen LogP contribution in [0.4, 0.5) is 0 Å². The number of rotatable bonds is 7. The molecule has 0 bridgehead atoms. The van der Waals surface area contributed by atoms with Gasteiger partial charge in [0.1, 0.15) is 0 Å². The van der Waals surface area contributed by atoms with Gasteiger partial charge in [0.25, 0.3) is 0 Å². The van der Waals surface area contributed by atoms with E-state index in [2.05, 4.69) is 48.3 Å². The number of nitrogens with zero attached hydrogens (tertiary/aromatic N) is 2. The van der Waals surface area contributed by atoms with Crippen molar-refractivity contribution in [2.75, 3.05) is 20.1 Å². The zero-order chi connectivity index (χ0) is 15.0. The maximum atomic E-state index is 4.45. The molecule has 0 unspecified atom stereocenters. The van der Waals surface area contributed by atoms with Crippen LogP contribution in [0.15, 0.2) is 4.99 Å². The molecule has 0 atom stereocenters. The molecule has 0 aromatic carbocycles. The summed E-state index contributed by atoms with van der Waals surface area (Å²) < 4.78 is 0. The maximum Gasteiger partial charge on any atom is 0.190 e. The van der Waals surface area contributed by atoms with Crippen molar-refractivity contribution in [3.63, 3.8) is 0 Å². The Morgan fingerprint density at radius 2 is 1.95 bits per heavy atom. The third-order valence-electron chi connectivity index (χ3n) is 3.12. The molecule has 1 heterocycles. The molecule has 0 fully saturated rings. The molecule has 0 aliphatic heterocycles. The largest absolute Gasteiger partial charge is 0.356 e. The van der Waals surface area contributed by atoms with Crippen LogP contribution < -0.4 is 10.6 Å². The Hall–Kier alpha value is -1.10. The van der Waals surface area contributed by atoms with Gasteiger partial charge in [-0.1, -0.05) is 13.8 Å². The van der Waals surface area contributed by atoms with Crippen LogP contribution in [0.1, 0.15) is 42.3 Å². The SMILES string of the molecule is CN=C(NCCCC(C)C)NCCc1sc(C)nc1C. The Labute approximate surface area is 127 Å². The van der Waals surface area contributed by atoms with Crippen LogP contribution in [0.25, 0.3) is 0 Å². The molecule has 0 amide bonds. The van der Waals surface area contributed by atoms with E-state index in [1.165, 1.54) is 17.7 Å². The summed E-state index contributed by atoms with van der Waals surface area (Å²) in [6.45, 7) is 10.5. The minimum absolute atomic E-state index is 0.768. The van der Waals surface area contributed by atoms with Gasteiger partial charge in [0.2, 0.25) is 0 Å². The van der Waals surface area contributed by atoms with Crippen LogP contribution in [-0.4, -0.2) is 31.1 Å². The first-order valence-electron chi connectivity index (χ1n) is 7.40. The summed E-state index contributed by atoms with van der Waals surface area (Å²) in [4.78, 5) is 10.1. The minimum atomic E-state index is 0.768. The van der Waals surface area contributed by atoms with Crippen LogP contribution in [0.3, 0.4) is 0 Å². The summed E-state index contributed by atoms with van der Waals surface area (Å²) in [6.07, 6.45) is 3.44. The van der Waals surface area contributed by atoms with Crippen molar-refractivity contribution in [1.29, 1.82) is 0 Å². The number of nitrogens with one attached hydrogen (secondary N) is 2. The first-order valence-corrected chi connectivity index (χ1v) is 8.22. The maximum absolute atomic E-state index is 4.45. The second-order valence-corrected chi connectivity index (χ2v) is 6.74. The molecule has 0 spiro atoms. The smallest absolute Gasteiger partial charge is 0.190 e. The predicted molar refractivity (Wildman–Crippen MR) is 88.7 cm³/mol. The van der Waals surface area contributed by atoms with Crippen LogP contribution in [0.5, 0.6) is 0 Å². The van der Waals surface area contributed by atoms with Crippen molar-refractivity contribution in [2.24, 2.45) is 10.9 Å². The van der Waals surface area contributed by atoms with Gasteiger partial charge in [-0.2, -0.15) is 0 Å². The van der Waals surface area contributed by atoms with Crippen molar-refractivity contribution in [3.05, 3.63) is 15.6 Å². The van der Waals surface area contributed by atoms with E-state index in [1.807, 2.05) is 7.05 Å². The Morgan fingerprint density at radius 3 is 2.50 bits per heavy atom. The number of aromatic nitrogens is 1. The summed E-state index contributed by atoms with van der Waals surface area (Å²) in [7, 11) is 1.82. The van der Waals surface area contributed by atoms with E-state index in [4.69, 9.17) is 0 Å². The lowest BCUT2D eigenvalue weighted by Gasteiger charge is -2.12. The normalized spacial score (nSPS) is 12.0. The average molecular weight is 296 g/mol. The van der Waals surface area contributed by atoms with Crippen molar-refractivity contribution in [2.45, 2.75) is 47.0 Å². The van der Waals surface area contributed by atoms with Gasteiger partial charge in [-0.15, -0.1) is 11.3 Å². The van der Waals surface area contributed by atoms with E-state index in [0.717, 1.165) is 42.1 Å². The van der Waals surface area contributed by atoms with Gasteiger partial charge in [0.15, 0.2) is 5.96 Å². The summed E-state index contributed by atoms with van der Waals surface area (Å²) in [5, 5.41) is 7.86. The number of hydrogen-bond donors (Lipinski definition) is 2. The molecule has 20 heavy (non-hydrogen) atoms.